The summed E-state index contributed by atoms with van der Waals surface area (Å²) in [5.74, 6) is 0.707. The van der Waals surface area contributed by atoms with E-state index in [1.54, 1.807) is 16.9 Å². The zero-order valence-corrected chi connectivity index (χ0v) is 20.2. The summed E-state index contributed by atoms with van der Waals surface area (Å²) < 4.78 is 27.7. The number of hydrogen-bond donors (Lipinski definition) is 2. The fraction of sp³-hybridized carbons (Fsp3) is 0.500. The molecule has 1 amide bonds. The molecule has 0 radical (unpaired) electrons. The number of amides is 1. The number of fused-ring (bicyclic) bond motifs is 1. The molecule has 2 unspecified atom stereocenters. The van der Waals surface area contributed by atoms with E-state index in [0.29, 0.717) is 37.8 Å². The number of halogens is 1. The van der Waals surface area contributed by atoms with Crippen LogP contribution in [0, 0.1) is 6.92 Å². The summed E-state index contributed by atoms with van der Waals surface area (Å²) in [5.41, 5.74) is 2.52. The maximum atomic E-state index is 15.1. The first-order valence-corrected chi connectivity index (χ1v) is 11.9. The molecule has 2 fully saturated rings. The lowest BCUT2D eigenvalue weighted by molar-refractivity contribution is 0.00333. The summed E-state index contributed by atoms with van der Waals surface area (Å²) >= 11 is 0. The van der Waals surface area contributed by atoms with Crippen LogP contribution in [-0.2, 0) is 4.74 Å². The van der Waals surface area contributed by atoms with Crippen LogP contribution in [0.4, 0.5) is 15.0 Å². The van der Waals surface area contributed by atoms with Gasteiger partial charge in [0.05, 0.1) is 44.7 Å². The summed E-state index contributed by atoms with van der Waals surface area (Å²) in [6, 6.07) is 5.88. The van der Waals surface area contributed by atoms with E-state index in [2.05, 4.69) is 15.1 Å². The molecule has 11 nitrogen and oxygen atoms in total. The van der Waals surface area contributed by atoms with Crippen LogP contribution in [-0.4, -0.2) is 99.7 Å². The van der Waals surface area contributed by atoms with Gasteiger partial charge in [0, 0.05) is 37.0 Å². The molecule has 36 heavy (non-hydrogen) atoms. The average Bonchev–Trinajstić information content (AvgIpc) is 3.30. The third kappa shape index (κ3) is 4.53. The number of piperidine rings is 1. The van der Waals surface area contributed by atoms with Gasteiger partial charge in [0.1, 0.15) is 12.0 Å². The number of anilines is 1. The van der Waals surface area contributed by atoms with E-state index in [-0.39, 0.29) is 31.8 Å². The molecule has 3 atom stereocenters. The topological polar surface area (TPSA) is 126 Å². The van der Waals surface area contributed by atoms with E-state index in [0.717, 1.165) is 26.9 Å². The predicted octanol–water partition coefficient (Wildman–Crippen LogP) is 2.14. The van der Waals surface area contributed by atoms with Gasteiger partial charge >= 0.3 is 12.1 Å². The SMILES string of the molecule is COc1nc(N2CCO[C@@H](CO)C2)cc(-n2ncc3cc(C)c(C4CCN(C(=O)O)CC4F)cc32)n1. The number of ether oxygens (including phenoxy) is 2. The van der Waals surface area contributed by atoms with Crippen molar-refractivity contribution >= 4 is 22.8 Å². The molecule has 5 rings (SSSR count). The number of hydrogen-bond acceptors (Lipinski definition) is 8. The zero-order chi connectivity index (χ0) is 25.4. The minimum atomic E-state index is -1.30. The number of methoxy groups -OCH3 is 1. The summed E-state index contributed by atoms with van der Waals surface area (Å²) in [4.78, 5) is 23.4. The van der Waals surface area contributed by atoms with Crippen molar-refractivity contribution in [3.05, 3.63) is 35.5 Å². The molecule has 2 saturated heterocycles. The average molecular weight is 501 g/mol. The van der Waals surface area contributed by atoms with Crippen molar-refractivity contribution in [2.45, 2.75) is 31.5 Å². The van der Waals surface area contributed by atoms with Crippen molar-refractivity contribution in [1.29, 1.82) is 0 Å². The Kier molecular flexibility index (Phi) is 6.63. The molecule has 4 heterocycles. The monoisotopic (exact) mass is 500 g/mol. The van der Waals surface area contributed by atoms with E-state index in [4.69, 9.17) is 9.47 Å². The third-order valence-corrected chi connectivity index (χ3v) is 6.91. The normalized spacial score (nSPS) is 22.7. The number of aryl methyl sites for hydroxylation is 1. The third-order valence-electron chi connectivity index (χ3n) is 6.91. The van der Waals surface area contributed by atoms with E-state index in [9.17, 15) is 15.0 Å². The molecule has 192 valence electrons. The highest BCUT2D eigenvalue weighted by atomic mass is 19.1. The largest absolute Gasteiger partial charge is 0.467 e. The van der Waals surface area contributed by atoms with Crippen LogP contribution in [0.5, 0.6) is 6.01 Å². The molecule has 0 aliphatic carbocycles. The number of carboxylic acid groups (broad SMARTS) is 1. The van der Waals surface area contributed by atoms with Gasteiger partial charge in [-0.15, -0.1) is 0 Å². The maximum Gasteiger partial charge on any atom is 0.407 e. The molecule has 2 aromatic heterocycles. The van der Waals surface area contributed by atoms with Crippen molar-refractivity contribution in [3.63, 3.8) is 0 Å². The molecule has 2 aliphatic heterocycles. The molecule has 2 N–H and O–H groups in total. The summed E-state index contributed by atoms with van der Waals surface area (Å²) in [5, 5.41) is 24.2. The maximum absolute atomic E-state index is 15.1. The van der Waals surface area contributed by atoms with Crippen molar-refractivity contribution in [3.8, 4) is 11.8 Å². The molecule has 12 heteroatoms. The van der Waals surface area contributed by atoms with Gasteiger partial charge in [-0.05, 0) is 36.6 Å². The first-order valence-electron chi connectivity index (χ1n) is 11.9. The Hall–Kier alpha value is -3.51. The van der Waals surface area contributed by atoms with E-state index < -0.39 is 18.2 Å². The van der Waals surface area contributed by atoms with Crippen LogP contribution in [0.1, 0.15) is 23.5 Å². The van der Waals surface area contributed by atoms with Crippen LogP contribution >= 0.6 is 0 Å². The molecule has 2 aliphatic rings. The standard InChI is InChI=1S/C24H29FN6O5/c1-14-7-15-10-26-31(20(15)8-18(14)17-3-4-30(24(33)34)12-19(17)25)22-9-21(27-23(28-22)35-2)29-5-6-36-16(11-29)13-32/h7-10,16-17,19,32H,3-6,11-13H2,1-2H3,(H,33,34)/t16-,17?,19?/m1/s1. The van der Waals surface area contributed by atoms with Crippen LogP contribution in [0.25, 0.3) is 16.7 Å². The molecule has 0 spiro atoms. The number of aliphatic hydroxyl groups is 1. The van der Waals surface area contributed by atoms with Gasteiger partial charge in [-0.2, -0.15) is 15.1 Å². The highest BCUT2D eigenvalue weighted by Gasteiger charge is 2.33. The minimum absolute atomic E-state index is 0.0849. The van der Waals surface area contributed by atoms with Crippen molar-refractivity contribution in [2.24, 2.45) is 0 Å². The van der Waals surface area contributed by atoms with E-state index in [1.807, 2.05) is 24.0 Å². The quantitative estimate of drug-likeness (QED) is 0.542. The number of morpholine rings is 1. The van der Waals surface area contributed by atoms with Gasteiger partial charge in [-0.1, -0.05) is 0 Å². The zero-order valence-electron chi connectivity index (χ0n) is 20.2. The molecular weight excluding hydrogens is 471 g/mol. The second-order valence-electron chi connectivity index (χ2n) is 9.16. The van der Waals surface area contributed by atoms with Gasteiger partial charge in [0.2, 0.25) is 0 Å². The second kappa shape index (κ2) is 9.86. The molecule has 0 saturated carbocycles. The van der Waals surface area contributed by atoms with Crippen molar-refractivity contribution < 1.29 is 28.9 Å². The Morgan fingerprint density at radius 2 is 2.03 bits per heavy atom. The smallest absolute Gasteiger partial charge is 0.407 e. The van der Waals surface area contributed by atoms with Crippen molar-refractivity contribution in [1.82, 2.24) is 24.6 Å². The number of benzene rings is 1. The van der Waals surface area contributed by atoms with Gasteiger partial charge in [-0.25, -0.2) is 13.9 Å². The number of alkyl halides is 1. The summed E-state index contributed by atoms with van der Waals surface area (Å²) in [6.07, 6.45) is -0.561. The van der Waals surface area contributed by atoms with Gasteiger partial charge in [0.25, 0.3) is 0 Å². The van der Waals surface area contributed by atoms with Gasteiger partial charge in [0.15, 0.2) is 5.82 Å². The number of likely N-dealkylation sites (tertiary alicyclic amines) is 1. The number of aliphatic hydroxyl groups excluding tert-OH is 1. The van der Waals surface area contributed by atoms with E-state index in [1.165, 1.54) is 7.11 Å². The predicted molar refractivity (Wildman–Crippen MR) is 129 cm³/mol. The fourth-order valence-corrected chi connectivity index (χ4v) is 5.02. The Morgan fingerprint density at radius 1 is 1.22 bits per heavy atom. The van der Waals surface area contributed by atoms with Crippen LogP contribution < -0.4 is 9.64 Å². The van der Waals surface area contributed by atoms with Gasteiger partial charge < -0.3 is 29.5 Å². The molecular formula is C24H29FN6O5. The highest BCUT2D eigenvalue weighted by Crippen LogP contribution is 2.35. The minimum Gasteiger partial charge on any atom is -0.467 e. The molecule has 3 aromatic rings. The fourth-order valence-electron chi connectivity index (χ4n) is 5.02. The molecule has 1 aromatic carbocycles. The summed E-state index contributed by atoms with van der Waals surface area (Å²) in [7, 11) is 1.49. The lowest BCUT2D eigenvalue weighted by Gasteiger charge is -2.34. The van der Waals surface area contributed by atoms with Crippen LogP contribution in [0.3, 0.4) is 0 Å². The highest BCUT2D eigenvalue weighted by molar-refractivity contribution is 5.82. The van der Waals surface area contributed by atoms with E-state index >= 15 is 4.39 Å². The Morgan fingerprint density at radius 3 is 2.75 bits per heavy atom. The number of nitrogens with zero attached hydrogens (tertiary/aromatic N) is 6. The van der Waals surface area contributed by atoms with Crippen molar-refractivity contribution in [2.75, 3.05) is 51.4 Å². The Balaban J connectivity index is 1.52. The second-order valence-corrected chi connectivity index (χ2v) is 9.16. The first kappa shape index (κ1) is 24.2. The molecule has 0 bridgehead atoms. The van der Waals surface area contributed by atoms with Gasteiger partial charge in [-0.3, -0.25) is 0 Å². The Labute approximate surface area is 207 Å². The summed E-state index contributed by atoms with van der Waals surface area (Å²) in [6.45, 7) is 3.54. The lowest BCUT2D eigenvalue weighted by Crippen LogP contribution is -2.44. The number of aromatic nitrogens is 4. The number of rotatable bonds is 5. The van der Waals surface area contributed by atoms with Crippen LogP contribution in [0.15, 0.2) is 24.4 Å². The number of carbonyl (C=O) groups is 1. The van der Waals surface area contributed by atoms with Crippen LogP contribution in [0.2, 0.25) is 0 Å². The lowest BCUT2D eigenvalue weighted by atomic mass is 9.85. The Bertz CT molecular complexity index is 1270. The first-order chi connectivity index (χ1) is 17.4.